The largest absolute Gasteiger partial charge is 0.365 e. The molecule has 2 rings (SSSR count). The van der Waals surface area contributed by atoms with Crippen LogP contribution in [0.25, 0.3) is 0 Å². The Hall–Kier alpha value is -1.29. The molecule has 1 unspecified atom stereocenters. The Bertz CT molecular complexity index is 338. The summed E-state index contributed by atoms with van der Waals surface area (Å²) in [6.07, 6.45) is 2.08. The van der Waals surface area contributed by atoms with Gasteiger partial charge < -0.3 is 10.6 Å². The van der Waals surface area contributed by atoms with Crippen molar-refractivity contribution in [2.24, 2.45) is 0 Å². The smallest absolute Gasteiger partial charge is 0.222 e. The lowest BCUT2D eigenvalue weighted by Gasteiger charge is -2.10. The van der Waals surface area contributed by atoms with Crippen molar-refractivity contribution < 1.29 is 4.79 Å². The minimum Gasteiger partial charge on any atom is -0.365 e. The van der Waals surface area contributed by atoms with Crippen LogP contribution in [-0.4, -0.2) is 23.5 Å². The van der Waals surface area contributed by atoms with Crippen LogP contribution in [0.2, 0.25) is 5.02 Å². The quantitative estimate of drug-likeness (QED) is 0.769. The summed E-state index contributed by atoms with van der Waals surface area (Å²) < 4.78 is 0. The Morgan fingerprint density at radius 1 is 1.57 bits per heavy atom. The number of carbonyl (C=O) groups excluding carboxylic acids is 1. The summed E-state index contributed by atoms with van der Waals surface area (Å²) in [5, 5.41) is 6.50. The van der Waals surface area contributed by atoms with Crippen LogP contribution in [0.1, 0.15) is 6.42 Å². The van der Waals surface area contributed by atoms with Gasteiger partial charge in [-0.3, -0.25) is 4.79 Å². The zero-order valence-corrected chi connectivity index (χ0v) is 8.21. The first-order valence-electron chi connectivity index (χ1n) is 4.39. The molecule has 0 spiro atoms. The molecule has 1 aliphatic rings. The van der Waals surface area contributed by atoms with Gasteiger partial charge >= 0.3 is 0 Å². The highest BCUT2D eigenvalue weighted by atomic mass is 35.5. The third-order valence-electron chi connectivity index (χ3n) is 2.06. The molecule has 1 amide bonds. The van der Waals surface area contributed by atoms with Crippen LogP contribution in [0.5, 0.6) is 0 Å². The number of nitrogens with zero attached hydrogens (tertiary/aromatic N) is 1. The minimum absolute atomic E-state index is 0.0801. The van der Waals surface area contributed by atoms with Gasteiger partial charge in [-0.25, -0.2) is 4.98 Å². The fourth-order valence-corrected chi connectivity index (χ4v) is 1.49. The van der Waals surface area contributed by atoms with Crippen molar-refractivity contribution in [2.45, 2.75) is 12.5 Å². The first-order valence-corrected chi connectivity index (χ1v) is 4.76. The molecule has 1 atom stereocenters. The summed E-state index contributed by atoms with van der Waals surface area (Å²) in [7, 11) is 0. The minimum atomic E-state index is 0.0801. The molecule has 0 aliphatic carbocycles. The second-order valence-electron chi connectivity index (χ2n) is 3.21. The average molecular weight is 212 g/mol. The van der Waals surface area contributed by atoms with E-state index in [4.69, 9.17) is 11.6 Å². The predicted octanol–water partition coefficient (Wildman–Crippen LogP) is 1.04. The van der Waals surface area contributed by atoms with Gasteiger partial charge in [-0.15, -0.1) is 0 Å². The maximum absolute atomic E-state index is 10.9. The van der Waals surface area contributed by atoms with Gasteiger partial charge in [0.2, 0.25) is 5.91 Å². The van der Waals surface area contributed by atoms with Gasteiger partial charge in [0.15, 0.2) is 0 Å². The fraction of sp³-hybridized carbons (Fsp3) is 0.333. The van der Waals surface area contributed by atoms with E-state index in [1.165, 1.54) is 0 Å². The molecule has 14 heavy (non-hydrogen) atoms. The Balaban J connectivity index is 1.97. The molecule has 0 aromatic carbocycles. The molecule has 2 N–H and O–H groups in total. The van der Waals surface area contributed by atoms with Gasteiger partial charge in [-0.1, -0.05) is 11.6 Å². The van der Waals surface area contributed by atoms with Gasteiger partial charge in [0.1, 0.15) is 5.82 Å². The van der Waals surface area contributed by atoms with Crippen molar-refractivity contribution in [1.29, 1.82) is 0 Å². The number of amides is 1. The molecule has 74 valence electrons. The highest BCUT2D eigenvalue weighted by molar-refractivity contribution is 6.30. The first-order chi connectivity index (χ1) is 6.74. The average Bonchev–Trinajstić information content (AvgIpc) is 2.56. The van der Waals surface area contributed by atoms with E-state index in [9.17, 15) is 4.79 Å². The standard InChI is InChI=1S/C9H10ClN3O/c10-6-1-2-8(11-4-6)13-7-3-9(14)12-5-7/h1-2,4,7H,3,5H2,(H,11,13)(H,12,14). The molecule has 0 radical (unpaired) electrons. The molecular weight excluding hydrogens is 202 g/mol. The van der Waals surface area contributed by atoms with Crippen LogP contribution < -0.4 is 10.6 Å². The topological polar surface area (TPSA) is 54.0 Å². The van der Waals surface area contributed by atoms with Crippen molar-refractivity contribution in [2.75, 3.05) is 11.9 Å². The zero-order valence-electron chi connectivity index (χ0n) is 7.46. The number of pyridine rings is 1. The number of anilines is 1. The van der Waals surface area contributed by atoms with E-state index in [1.807, 2.05) is 0 Å². The van der Waals surface area contributed by atoms with E-state index < -0.39 is 0 Å². The van der Waals surface area contributed by atoms with Crippen molar-refractivity contribution in [3.8, 4) is 0 Å². The van der Waals surface area contributed by atoms with Crippen LogP contribution in [-0.2, 0) is 4.79 Å². The number of halogens is 1. The number of aromatic nitrogens is 1. The first kappa shape index (κ1) is 9.27. The Labute approximate surface area is 86.7 Å². The molecule has 1 fully saturated rings. The summed E-state index contributed by atoms with van der Waals surface area (Å²) in [4.78, 5) is 15.0. The summed E-state index contributed by atoms with van der Waals surface area (Å²) in [6.45, 7) is 0.656. The van der Waals surface area contributed by atoms with E-state index in [-0.39, 0.29) is 11.9 Å². The van der Waals surface area contributed by atoms with Crippen molar-refractivity contribution in [3.63, 3.8) is 0 Å². The fourth-order valence-electron chi connectivity index (χ4n) is 1.38. The van der Waals surface area contributed by atoms with Gasteiger partial charge in [-0.2, -0.15) is 0 Å². The molecule has 1 aliphatic heterocycles. The summed E-state index contributed by atoms with van der Waals surface area (Å²) in [5.74, 6) is 0.826. The van der Waals surface area contributed by atoms with Gasteiger partial charge in [0, 0.05) is 19.2 Å². The lowest BCUT2D eigenvalue weighted by atomic mass is 10.2. The molecule has 5 heteroatoms. The lowest BCUT2D eigenvalue weighted by molar-refractivity contribution is -0.119. The second-order valence-corrected chi connectivity index (χ2v) is 3.65. The number of rotatable bonds is 2. The number of nitrogens with one attached hydrogen (secondary N) is 2. The maximum Gasteiger partial charge on any atom is 0.222 e. The molecule has 2 heterocycles. The van der Waals surface area contributed by atoms with Crippen LogP contribution in [0.4, 0.5) is 5.82 Å². The predicted molar refractivity (Wildman–Crippen MR) is 54.3 cm³/mol. The van der Waals surface area contributed by atoms with E-state index in [0.29, 0.717) is 18.0 Å². The highest BCUT2D eigenvalue weighted by Gasteiger charge is 2.20. The van der Waals surface area contributed by atoms with Crippen LogP contribution in [0.3, 0.4) is 0 Å². The molecule has 1 aromatic heterocycles. The Kier molecular flexibility index (Phi) is 2.54. The molecule has 1 saturated heterocycles. The van der Waals surface area contributed by atoms with Crippen molar-refractivity contribution in [3.05, 3.63) is 23.4 Å². The van der Waals surface area contributed by atoms with E-state index in [2.05, 4.69) is 15.6 Å². The maximum atomic E-state index is 10.9. The molecule has 1 aromatic rings. The van der Waals surface area contributed by atoms with Crippen LogP contribution in [0.15, 0.2) is 18.3 Å². The van der Waals surface area contributed by atoms with E-state index in [0.717, 1.165) is 5.82 Å². The van der Waals surface area contributed by atoms with E-state index in [1.54, 1.807) is 18.3 Å². The van der Waals surface area contributed by atoms with Crippen LogP contribution >= 0.6 is 11.6 Å². The SMILES string of the molecule is O=C1CC(Nc2ccc(Cl)cn2)CN1. The number of hydrogen-bond acceptors (Lipinski definition) is 3. The highest BCUT2D eigenvalue weighted by Crippen LogP contribution is 2.12. The number of carbonyl (C=O) groups is 1. The third-order valence-corrected chi connectivity index (χ3v) is 2.28. The monoisotopic (exact) mass is 211 g/mol. The number of hydrogen-bond donors (Lipinski definition) is 2. The van der Waals surface area contributed by atoms with Gasteiger partial charge in [0.05, 0.1) is 11.1 Å². The normalized spacial score (nSPS) is 20.6. The zero-order chi connectivity index (χ0) is 9.97. The van der Waals surface area contributed by atoms with Crippen molar-refractivity contribution in [1.82, 2.24) is 10.3 Å². The summed E-state index contributed by atoms with van der Waals surface area (Å²) in [6, 6.07) is 3.70. The Morgan fingerprint density at radius 2 is 2.43 bits per heavy atom. The Morgan fingerprint density at radius 3 is 3.00 bits per heavy atom. The molecule has 0 bridgehead atoms. The van der Waals surface area contributed by atoms with Crippen LogP contribution in [0, 0.1) is 0 Å². The molecular formula is C9H10ClN3O. The summed E-state index contributed by atoms with van der Waals surface area (Å²) >= 11 is 5.69. The van der Waals surface area contributed by atoms with Crippen molar-refractivity contribution >= 4 is 23.3 Å². The summed E-state index contributed by atoms with van der Waals surface area (Å²) in [5.41, 5.74) is 0. The van der Waals surface area contributed by atoms with E-state index >= 15 is 0 Å². The van der Waals surface area contributed by atoms with Gasteiger partial charge in [-0.05, 0) is 12.1 Å². The van der Waals surface area contributed by atoms with Gasteiger partial charge in [0.25, 0.3) is 0 Å². The second kappa shape index (κ2) is 3.84. The molecule has 0 saturated carbocycles. The molecule has 4 nitrogen and oxygen atoms in total. The third kappa shape index (κ3) is 2.14. The lowest BCUT2D eigenvalue weighted by Crippen LogP contribution is -2.22.